The Bertz CT molecular complexity index is 568. The van der Waals surface area contributed by atoms with Gasteiger partial charge in [0.15, 0.2) is 5.54 Å². The van der Waals surface area contributed by atoms with Crippen LogP contribution < -0.4 is 15.4 Å². The molecule has 1 saturated heterocycles. The topological polar surface area (TPSA) is 67.4 Å². The van der Waals surface area contributed by atoms with Crippen molar-refractivity contribution in [1.82, 2.24) is 10.6 Å². The molecular weight excluding hydrogens is 232 g/mol. The Labute approximate surface area is 105 Å². The van der Waals surface area contributed by atoms with E-state index in [0.29, 0.717) is 18.8 Å². The summed E-state index contributed by atoms with van der Waals surface area (Å²) in [5, 5.41) is 5.06. The van der Waals surface area contributed by atoms with Gasteiger partial charge in [0, 0.05) is 12.0 Å². The molecule has 5 nitrogen and oxygen atoms in total. The number of amides is 3. The summed E-state index contributed by atoms with van der Waals surface area (Å²) in [6.45, 7) is 4.33. The number of hydrogen-bond donors (Lipinski definition) is 2. The van der Waals surface area contributed by atoms with Gasteiger partial charge < -0.3 is 10.1 Å². The highest BCUT2D eigenvalue weighted by Crippen LogP contribution is 2.41. The Morgan fingerprint density at radius 2 is 2.06 bits per heavy atom. The molecule has 0 radical (unpaired) electrons. The van der Waals surface area contributed by atoms with Crippen LogP contribution in [0.15, 0.2) is 12.1 Å². The van der Waals surface area contributed by atoms with Crippen molar-refractivity contribution >= 4 is 11.9 Å². The predicted octanol–water partition coefficient (Wildman–Crippen LogP) is 1.12. The van der Waals surface area contributed by atoms with Gasteiger partial charge in [0.1, 0.15) is 5.75 Å². The molecule has 3 amide bonds. The van der Waals surface area contributed by atoms with Crippen LogP contribution in [0, 0.1) is 13.8 Å². The first-order valence-electron chi connectivity index (χ1n) is 5.91. The Balaban J connectivity index is 2.23. The van der Waals surface area contributed by atoms with Crippen LogP contribution in [0.2, 0.25) is 0 Å². The van der Waals surface area contributed by atoms with Crippen molar-refractivity contribution in [3.8, 4) is 5.75 Å². The van der Waals surface area contributed by atoms with Crippen LogP contribution in [0.5, 0.6) is 5.75 Å². The monoisotopic (exact) mass is 246 g/mol. The van der Waals surface area contributed by atoms with E-state index in [1.165, 1.54) is 0 Å². The number of carbonyl (C=O) groups excluding carboxylic acids is 2. The molecule has 2 aliphatic heterocycles. The zero-order chi connectivity index (χ0) is 12.9. The fourth-order valence-electron chi connectivity index (χ4n) is 2.76. The lowest BCUT2D eigenvalue weighted by molar-refractivity contribution is -0.125. The zero-order valence-electron chi connectivity index (χ0n) is 10.3. The number of hydrogen-bond acceptors (Lipinski definition) is 3. The molecule has 1 unspecified atom stereocenters. The Morgan fingerprint density at radius 3 is 2.72 bits per heavy atom. The number of ether oxygens (including phenoxy) is 1. The Kier molecular flexibility index (Phi) is 2.14. The van der Waals surface area contributed by atoms with E-state index in [-0.39, 0.29) is 5.91 Å². The average molecular weight is 246 g/mol. The smallest absolute Gasteiger partial charge is 0.322 e. The summed E-state index contributed by atoms with van der Waals surface area (Å²) in [5.74, 6) is 0.422. The molecule has 1 aromatic rings. The van der Waals surface area contributed by atoms with Gasteiger partial charge in [0.2, 0.25) is 0 Å². The molecule has 0 aromatic heterocycles. The molecular formula is C13H14N2O3. The van der Waals surface area contributed by atoms with Crippen LogP contribution in [0.3, 0.4) is 0 Å². The number of fused-ring (bicyclic) bond motifs is 2. The van der Waals surface area contributed by atoms with Crippen molar-refractivity contribution in [1.29, 1.82) is 0 Å². The molecule has 18 heavy (non-hydrogen) atoms. The van der Waals surface area contributed by atoms with Crippen LogP contribution in [-0.2, 0) is 10.3 Å². The molecule has 0 bridgehead atoms. The molecule has 1 aromatic carbocycles. The highest BCUT2D eigenvalue weighted by molar-refractivity contribution is 6.08. The fraction of sp³-hybridized carbons (Fsp3) is 0.385. The van der Waals surface area contributed by atoms with Crippen molar-refractivity contribution in [3.63, 3.8) is 0 Å². The van der Waals surface area contributed by atoms with Gasteiger partial charge in [-0.15, -0.1) is 0 Å². The third kappa shape index (κ3) is 1.33. The van der Waals surface area contributed by atoms with Gasteiger partial charge in [0.05, 0.1) is 6.61 Å². The maximum atomic E-state index is 12.1. The van der Waals surface area contributed by atoms with E-state index in [0.717, 1.165) is 16.7 Å². The number of urea groups is 1. The standard InChI is InChI=1S/C13H14N2O3/c1-7-5-8(2)10-9(6-7)13(3-4-18-10)11(16)14-12(17)15-13/h5-6H,3-4H2,1-2H3,(H2,14,15,16,17). The summed E-state index contributed by atoms with van der Waals surface area (Å²) in [6, 6.07) is 3.48. The van der Waals surface area contributed by atoms with E-state index >= 15 is 0 Å². The van der Waals surface area contributed by atoms with Crippen molar-refractivity contribution in [3.05, 3.63) is 28.8 Å². The van der Waals surface area contributed by atoms with Gasteiger partial charge in [-0.25, -0.2) is 4.79 Å². The van der Waals surface area contributed by atoms with Gasteiger partial charge in [-0.2, -0.15) is 0 Å². The Morgan fingerprint density at radius 1 is 1.28 bits per heavy atom. The first-order valence-corrected chi connectivity index (χ1v) is 5.91. The van der Waals surface area contributed by atoms with Crippen LogP contribution in [-0.4, -0.2) is 18.5 Å². The lowest BCUT2D eigenvalue weighted by Crippen LogP contribution is -2.47. The van der Waals surface area contributed by atoms with Crippen molar-refractivity contribution < 1.29 is 14.3 Å². The first kappa shape index (κ1) is 11.1. The van der Waals surface area contributed by atoms with E-state index in [1.807, 2.05) is 26.0 Å². The highest BCUT2D eigenvalue weighted by atomic mass is 16.5. The van der Waals surface area contributed by atoms with Gasteiger partial charge in [-0.1, -0.05) is 11.6 Å². The van der Waals surface area contributed by atoms with Crippen LogP contribution >= 0.6 is 0 Å². The SMILES string of the molecule is Cc1cc(C)c2c(c1)C1(CCO2)NC(=O)NC1=O. The van der Waals surface area contributed by atoms with Crippen molar-refractivity contribution in [2.75, 3.05) is 6.61 Å². The fourth-order valence-corrected chi connectivity index (χ4v) is 2.76. The quantitative estimate of drug-likeness (QED) is 0.674. The summed E-state index contributed by atoms with van der Waals surface area (Å²) in [4.78, 5) is 23.5. The maximum Gasteiger partial charge on any atom is 0.322 e. The van der Waals surface area contributed by atoms with E-state index in [2.05, 4.69) is 10.6 Å². The summed E-state index contributed by atoms with van der Waals surface area (Å²) in [7, 11) is 0. The summed E-state index contributed by atoms with van der Waals surface area (Å²) in [5.41, 5.74) is 1.83. The molecule has 0 saturated carbocycles. The van der Waals surface area contributed by atoms with Gasteiger partial charge >= 0.3 is 6.03 Å². The second-order valence-corrected chi connectivity index (χ2v) is 4.87. The number of benzene rings is 1. The van der Waals surface area contributed by atoms with Gasteiger partial charge in [-0.3, -0.25) is 10.1 Å². The van der Waals surface area contributed by atoms with Crippen molar-refractivity contribution in [2.45, 2.75) is 25.8 Å². The molecule has 1 atom stereocenters. The van der Waals surface area contributed by atoms with E-state index in [4.69, 9.17) is 4.74 Å². The molecule has 2 heterocycles. The third-order valence-corrected chi connectivity index (χ3v) is 3.54. The number of rotatable bonds is 0. The lowest BCUT2D eigenvalue weighted by Gasteiger charge is -2.33. The lowest BCUT2D eigenvalue weighted by atomic mass is 9.83. The maximum absolute atomic E-state index is 12.1. The van der Waals surface area contributed by atoms with E-state index in [1.54, 1.807) is 0 Å². The molecule has 0 aliphatic carbocycles. The van der Waals surface area contributed by atoms with Gasteiger partial charge in [-0.05, 0) is 25.5 Å². The molecule has 5 heteroatoms. The third-order valence-electron chi connectivity index (χ3n) is 3.54. The zero-order valence-corrected chi connectivity index (χ0v) is 10.3. The van der Waals surface area contributed by atoms with E-state index < -0.39 is 11.6 Å². The largest absolute Gasteiger partial charge is 0.493 e. The number of aryl methyl sites for hydroxylation is 2. The van der Waals surface area contributed by atoms with Crippen LogP contribution in [0.4, 0.5) is 4.79 Å². The minimum absolute atomic E-state index is 0.290. The summed E-state index contributed by atoms with van der Waals surface area (Å²) in [6.07, 6.45) is 0.459. The minimum atomic E-state index is -0.957. The van der Waals surface area contributed by atoms with Crippen LogP contribution in [0.25, 0.3) is 0 Å². The summed E-state index contributed by atoms with van der Waals surface area (Å²) >= 11 is 0. The molecule has 2 N–H and O–H groups in total. The molecule has 94 valence electrons. The van der Waals surface area contributed by atoms with Crippen LogP contribution in [0.1, 0.15) is 23.1 Å². The second-order valence-electron chi connectivity index (χ2n) is 4.87. The number of imide groups is 1. The minimum Gasteiger partial charge on any atom is -0.493 e. The molecule has 3 rings (SSSR count). The second kappa shape index (κ2) is 3.48. The predicted molar refractivity (Wildman–Crippen MR) is 64.4 cm³/mol. The molecule has 2 aliphatic rings. The highest BCUT2D eigenvalue weighted by Gasteiger charge is 2.51. The van der Waals surface area contributed by atoms with Gasteiger partial charge in [0.25, 0.3) is 5.91 Å². The molecule has 1 fully saturated rings. The number of carbonyl (C=O) groups is 2. The Hall–Kier alpha value is -2.04. The van der Waals surface area contributed by atoms with E-state index in [9.17, 15) is 9.59 Å². The molecule has 1 spiro atoms. The normalized spacial score (nSPS) is 25.4. The number of nitrogens with one attached hydrogen (secondary N) is 2. The summed E-state index contributed by atoms with van der Waals surface area (Å²) < 4.78 is 5.65. The van der Waals surface area contributed by atoms with Crippen molar-refractivity contribution in [2.24, 2.45) is 0 Å². The average Bonchev–Trinajstić information content (AvgIpc) is 2.56. The first-order chi connectivity index (χ1) is 8.53.